The standard InChI is InChI=1S/C17H22N4O5/c1-9(15(23)21-14(8-22)17(25)26)20-16(24)12(18)6-10-7-19-13-5-3-2-4-11(10)13/h2-5,7,9,12,14,19,22H,6,8,18H2,1H3,(H,20,24)(H,21,23)(H,25,26)/t9-,12-,14-/m0/s1. The first-order valence-corrected chi connectivity index (χ1v) is 8.08. The van der Waals surface area contributed by atoms with E-state index in [1.54, 1.807) is 6.20 Å². The zero-order chi connectivity index (χ0) is 19.3. The van der Waals surface area contributed by atoms with Gasteiger partial charge in [0.25, 0.3) is 0 Å². The second-order valence-corrected chi connectivity index (χ2v) is 5.98. The lowest BCUT2D eigenvalue weighted by Gasteiger charge is -2.19. The average Bonchev–Trinajstić information content (AvgIpc) is 3.02. The number of carbonyl (C=O) groups excluding carboxylic acids is 2. The molecule has 9 nitrogen and oxygen atoms in total. The van der Waals surface area contributed by atoms with Gasteiger partial charge < -0.3 is 31.6 Å². The van der Waals surface area contributed by atoms with Crippen LogP contribution in [0.15, 0.2) is 30.5 Å². The first kappa shape index (κ1) is 19.4. The molecule has 0 spiro atoms. The summed E-state index contributed by atoms with van der Waals surface area (Å²) >= 11 is 0. The number of para-hydroxylation sites is 1. The summed E-state index contributed by atoms with van der Waals surface area (Å²) in [4.78, 5) is 38.1. The van der Waals surface area contributed by atoms with E-state index in [1.807, 2.05) is 24.3 Å². The molecule has 2 aromatic rings. The monoisotopic (exact) mass is 362 g/mol. The Morgan fingerprint density at radius 2 is 1.88 bits per heavy atom. The lowest BCUT2D eigenvalue weighted by molar-refractivity contribution is -0.143. The smallest absolute Gasteiger partial charge is 0.328 e. The van der Waals surface area contributed by atoms with E-state index in [0.717, 1.165) is 16.5 Å². The number of H-pyrrole nitrogens is 1. The lowest BCUT2D eigenvalue weighted by Crippen LogP contribution is -2.54. The SMILES string of the molecule is C[C@H](NC(=O)[C@@H](N)Cc1c[nH]c2ccccc12)C(=O)N[C@@H](CO)C(=O)O. The number of carboxylic acid groups (broad SMARTS) is 1. The van der Waals surface area contributed by atoms with Crippen LogP contribution in [0.4, 0.5) is 0 Å². The number of aromatic nitrogens is 1. The van der Waals surface area contributed by atoms with Crippen LogP contribution in [0, 0.1) is 0 Å². The van der Waals surface area contributed by atoms with Crippen LogP contribution >= 0.6 is 0 Å². The summed E-state index contributed by atoms with van der Waals surface area (Å²) in [6, 6.07) is 4.31. The van der Waals surface area contributed by atoms with Crippen LogP contribution in [0.3, 0.4) is 0 Å². The highest BCUT2D eigenvalue weighted by molar-refractivity contribution is 5.92. The van der Waals surface area contributed by atoms with E-state index in [9.17, 15) is 14.4 Å². The zero-order valence-electron chi connectivity index (χ0n) is 14.2. The fraction of sp³-hybridized carbons (Fsp3) is 0.353. The molecule has 2 amide bonds. The molecule has 0 aliphatic rings. The molecule has 0 aliphatic carbocycles. The van der Waals surface area contributed by atoms with Gasteiger partial charge in [0.15, 0.2) is 0 Å². The largest absolute Gasteiger partial charge is 0.480 e. The Balaban J connectivity index is 1.93. The van der Waals surface area contributed by atoms with Crippen LogP contribution < -0.4 is 16.4 Å². The maximum Gasteiger partial charge on any atom is 0.328 e. The van der Waals surface area contributed by atoms with E-state index in [4.69, 9.17) is 15.9 Å². The van der Waals surface area contributed by atoms with E-state index < -0.39 is 42.5 Å². The number of aliphatic carboxylic acids is 1. The van der Waals surface area contributed by atoms with E-state index in [0.29, 0.717) is 0 Å². The van der Waals surface area contributed by atoms with Gasteiger partial charge in [-0.1, -0.05) is 18.2 Å². The van der Waals surface area contributed by atoms with Crippen molar-refractivity contribution in [3.05, 3.63) is 36.0 Å². The van der Waals surface area contributed by atoms with Crippen molar-refractivity contribution in [1.29, 1.82) is 0 Å². The summed E-state index contributed by atoms with van der Waals surface area (Å²) in [7, 11) is 0. The first-order valence-electron chi connectivity index (χ1n) is 8.08. The number of hydrogen-bond acceptors (Lipinski definition) is 5. The van der Waals surface area contributed by atoms with Crippen molar-refractivity contribution in [2.75, 3.05) is 6.61 Å². The molecule has 9 heteroatoms. The third-order valence-electron chi connectivity index (χ3n) is 4.00. The number of carbonyl (C=O) groups is 3. The van der Waals surface area contributed by atoms with Crippen molar-refractivity contribution in [1.82, 2.24) is 15.6 Å². The predicted octanol–water partition coefficient (Wildman–Crippen LogP) is -0.896. The molecule has 0 bridgehead atoms. The van der Waals surface area contributed by atoms with Gasteiger partial charge in [-0.2, -0.15) is 0 Å². The summed E-state index contributed by atoms with van der Waals surface area (Å²) in [6.07, 6.45) is 2.06. The molecule has 2 rings (SSSR count). The van der Waals surface area contributed by atoms with Crippen molar-refractivity contribution in [2.45, 2.75) is 31.5 Å². The predicted molar refractivity (Wildman–Crippen MR) is 94.2 cm³/mol. The minimum absolute atomic E-state index is 0.276. The highest BCUT2D eigenvalue weighted by atomic mass is 16.4. The van der Waals surface area contributed by atoms with E-state index >= 15 is 0 Å². The third kappa shape index (κ3) is 4.58. The molecule has 140 valence electrons. The van der Waals surface area contributed by atoms with Gasteiger partial charge in [-0.3, -0.25) is 9.59 Å². The van der Waals surface area contributed by atoms with Crippen LogP contribution in [0.2, 0.25) is 0 Å². The average molecular weight is 362 g/mol. The Morgan fingerprint density at radius 1 is 1.19 bits per heavy atom. The Labute approximate surface area is 149 Å². The summed E-state index contributed by atoms with van der Waals surface area (Å²) in [5.74, 6) is -2.62. The lowest BCUT2D eigenvalue weighted by atomic mass is 10.0. The van der Waals surface area contributed by atoms with Gasteiger partial charge >= 0.3 is 5.97 Å². The second kappa shape index (κ2) is 8.45. The highest BCUT2D eigenvalue weighted by Gasteiger charge is 2.25. The van der Waals surface area contributed by atoms with Gasteiger partial charge in [-0.05, 0) is 25.0 Å². The Hall–Kier alpha value is -2.91. The summed E-state index contributed by atoms with van der Waals surface area (Å²) in [6.45, 7) is 0.656. The summed E-state index contributed by atoms with van der Waals surface area (Å²) in [5.41, 5.74) is 7.75. The van der Waals surface area contributed by atoms with E-state index in [2.05, 4.69) is 15.6 Å². The van der Waals surface area contributed by atoms with Gasteiger partial charge in [0, 0.05) is 17.1 Å². The number of rotatable bonds is 8. The van der Waals surface area contributed by atoms with E-state index in [1.165, 1.54) is 6.92 Å². The minimum Gasteiger partial charge on any atom is -0.480 e. The van der Waals surface area contributed by atoms with Gasteiger partial charge in [0.05, 0.1) is 12.6 Å². The molecule has 26 heavy (non-hydrogen) atoms. The molecule has 3 atom stereocenters. The molecule has 1 heterocycles. The maximum atomic E-state index is 12.2. The number of nitrogens with two attached hydrogens (primary N) is 1. The first-order chi connectivity index (χ1) is 12.3. The molecule has 0 radical (unpaired) electrons. The topological polar surface area (TPSA) is 158 Å². The number of carboxylic acids is 1. The van der Waals surface area contributed by atoms with Crippen molar-refractivity contribution in [2.24, 2.45) is 5.73 Å². The van der Waals surface area contributed by atoms with Crippen molar-refractivity contribution in [3.8, 4) is 0 Å². The fourth-order valence-electron chi connectivity index (χ4n) is 2.50. The molecule has 0 fully saturated rings. The number of fused-ring (bicyclic) bond motifs is 1. The van der Waals surface area contributed by atoms with E-state index in [-0.39, 0.29) is 6.42 Å². The number of amides is 2. The van der Waals surface area contributed by atoms with Gasteiger partial charge in [-0.15, -0.1) is 0 Å². The highest BCUT2D eigenvalue weighted by Crippen LogP contribution is 2.18. The van der Waals surface area contributed by atoms with Crippen LogP contribution in [-0.2, 0) is 20.8 Å². The molecule has 0 saturated carbocycles. The molecular formula is C17H22N4O5. The number of aliphatic hydroxyl groups excluding tert-OH is 1. The quantitative estimate of drug-likeness (QED) is 0.357. The van der Waals surface area contributed by atoms with Crippen LogP contribution in [-0.4, -0.2) is 57.7 Å². The Kier molecular flexibility index (Phi) is 6.31. The molecule has 1 aromatic heterocycles. The van der Waals surface area contributed by atoms with Crippen LogP contribution in [0.5, 0.6) is 0 Å². The zero-order valence-corrected chi connectivity index (χ0v) is 14.2. The number of hydrogen-bond donors (Lipinski definition) is 6. The number of nitrogens with one attached hydrogen (secondary N) is 3. The molecule has 0 aliphatic heterocycles. The van der Waals surface area contributed by atoms with Gasteiger partial charge in [0.1, 0.15) is 12.1 Å². The minimum atomic E-state index is -1.43. The number of aliphatic hydroxyl groups is 1. The second-order valence-electron chi connectivity index (χ2n) is 5.98. The molecule has 1 aromatic carbocycles. The van der Waals surface area contributed by atoms with Crippen LogP contribution in [0.1, 0.15) is 12.5 Å². The molecule has 7 N–H and O–H groups in total. The number of benzene rings is 1. The normalized spacial score (nSPS) is 14.4. The Bertz CT molecular complexity index is 803. The molecular weight excluding hydrogens is 340 g/mol. The van der Waals surface area contributed by atoms with Crippen molar-refractivity contribution < 1.29 is 24.6 Å². The van der Waals surface area contributed by atoms with Gasteiger partial charge in [-0.25, -0.2) is 4.79 Å². The van der Waals surface area contributed by atoms with Crippen molar-refractivity contribution in [3.63, 3.8) is 0 Å². The van der Waals surface area contributed by atoms with Crippen molar-refractivity contribution >= 4 is 28.7 Å². The summed E-state index contributed by atoms with van der Waals surface area (Å²) in [5, 5.41) is 23.3. The molecule has 0 saturated heterocycles. The fourth-order valence-corrected chi connectivity index (χ4v) is 2.50. The third-order valence-corrected chi connectivity index (χ3v) is 4.00. The van der Waals surface area contributed by atoms with Gasteiger partial charge in [0.2, 0.25) is 11.8 Å². The maximum absolute atomic E-state index is 12.2. The molecule has 0 unspecified atom stereocenters. The Morgan fingerprint density at radius 3 is 2.54 bits per heavy atom. The summed E-state index contributed by atoms with van der Waals surface area (Å²) < 4.78 is 0. The van der Waals surface area contributed by atoms with Crippen LogP contribution in [0.25, 0.3) is 10.9 Å². The number of aromatic amines is 1.